The zero-order valence-corrected chi connectivity index (χ0v) is 19.5. The van der Waals surface area contributed by atoms with Crippen LogP contribution in [0.4, 0.5) is 0 Å². The molecule has 3 atom stereocenters. The maximum absolute atomic E-state index is 6.75. The van der Waals surface area contributed by atoms with E-state index in [2.05, 4.69) is 84.8 Å². The second-order valence-corrected chi connectivity index (χ2v) is 19.9. The smallest absolute Gasteiger partial charge is 0.349 e. The fourth-order valence-electron chi connectivity index (χ4n) is 3.78. The summed E-state index contributed by atoms with van der Waals surface area (Å²) in [5, 5.41) is -0.0131. The molecule has 25 heavy (non-hydrogen) atoms. The molecule has 0 amide bonds. The Balaban J connectivity index is 2.22. The van der Waals surface area contributed by atoms with Gasteiger partial charge in [-0.2, -0.15) is 0 Å². The molecule has 0 aromatic rings. The standard InChI is InChI=1S/C20H36O3Si2/c1-19(2,3)25(20(4,5)6)21-15-18-17(23-25)12-10-11-16(22-18)13-14-24(7,8)9/h10,12,16-18H,11,15H2,1-9H3/t16-,17-,18+/m0/s1. The third-order valence-electron chi connectivity index (χ3n) is 4.72. The van der Waals surface area contributed by atoms with Gasteiger partial charge < -0.3 is 13.6 Å². The fraction of sp³-hybridized carbons (Fsp3) is 0.800. The van der Waals surface area contributed by atoms with Gasteiger partial charge in [0.15, 0.2) is 0 Å². The molecular formula is C20H36O3Si2. The molecule has 0 aromatic carbocycles. The van der Waals surface area contributed by atoms with Crippen molar-refractivity contribution >= 4 is 16.6 Å². The first kappa shape index (κ1) is 20.9. The minimum atomic E-state index is -2.45. The summed E-state index contributed by atoms with van der Waals surface area (Å²) in [7, 11) is -3.84. The molecule has 3 nitrogen and oxygen atoms in total. The minimum absolute atomic E-state index is 0.00654. The maximum atomic E-state index is 6.75. The van der Waals surface area contributed by atoms with Crippen LogP contribution in [-0.2, 0) is 13.6 Å². The molecule has 0 spiro atoms. The first-order valence-electron chi connectivity index (χ1n) is 9.42. The van der Waals surface area contributed by atoms with E-state index in [0.29, 0.717) is 6.61 Å². The molecule has 0 unspecified atom stereocenters. The molecule has 0 bridgehead atoms. The lowest BCUT2D eigenvalue weighted by molar-refractivity contribution is -0.100. The van der Waals surface area contributed by atoms with Crippen LogP contribution in [0.15, 0.2) is 12.2 Å². The quantitative estimate of drug-likeness (QED) is 0.335. The fourth-order valence-corrected chi connectivity index (χ4v) is 9.28. The van der Waals surface area contributed by atoms with Crippen molar-refractivity contribution in [1.82, 2.24) is 0 Å². The van der Waals surface area contributed by atoms with E-state index in [9.17, 15) is 0 Å². The van der Waals surface area contributed by atoms with Gasteiger partial charge in [0.25, 0.3) is 0 Å². The van der Waals surface area contributed by atoms with E-state index in [-0.39, 0.29) is 28.4 Å². The van der Waals surface area contributed by atoms with Crippen molar-refractivity contribution in [2.75, 3.05) is 6.61 Å². The van der Waals surface area contributed by atoms with Crippen LogP contribution >= 0.6 is 0 Å². The molecule has 0 aliphatic carbocycles. The van der Waals surface area contributed by atoms with Crippen LogP contribution < -0.4 is 0 Å². The number of fused-ring (bicyclic) bond motifs is 1. The van der Waals surface area contributed by atoms with Crippen molar-refractivity contribution in [1.29, 1.82) is 0 Å². The third kappa shape index (κ3) is 4.67. The van der Waals surface area contributed by atoms with Crippen molar-refractivity contribution in [3.8, 4) is 11.5 Å². The van der Waals surface area contributed by atoms with E-state index in [0.717, 1.165) is 6.42 Å². The number of hydrogen-bond acceptors (Lipinski definition) is 3. The molecule has 0 aromatic heterocycles. The summed E-state index contributed by atoms with van der Waals surface area (Å²) in [4.78, 5) is 0. The zero-order valence-electron chi connectivity index (χ0n) is 17.5. The van der Waals surface area contributed by atoms with Gasteiger partial charge >= 0.3 is 8.56 Å². The maximum Gasteiger partial charge on any atom is 0.349 e. The summed E-state index contributed by atoms with van der Waals surface area (Å²) < 4.78 is 19.6. The zero-order chi connectivity index (χ0) is 19.1. The van der Waals surface area contributed by atoms with Crippen molar-refractivity contribution in [2.45, 2.75) is 96.0 Å². The summed E-state index contributed by atoms with van der Waals surface area (Å²) in [6, 6.07) is 0. The van der Waals surface area contributed by atoms with Gasteiger partial charge in [0.1, 0.15) is 20.3 Å². The molecule has 2 aliphatic heterocycles. The molecule has 2 heterocycles. The van der Waals surface area contributed by atoms with E-state index in [1.807, 2.05) is 0 Å². The Labute approximate surface area is 156 Å². The van der Waals surface area contributed by atoms with Gasteiger partial charge in [-0.1, -0.05) is 79.3 Å². The lowest BCUT2D eigenvalue weighted by Crippen LogP contribution is -2.64. The van der Waals surface area contributed by atoms with E-state index >= 15 is 0 Å². The SMILES string of the molecule is CC(C)(C)[Si]1(C(C)(C)C)OC[C@H]2O[C@H](C#C[Si](C)(C)C)CC=C[C@@H]2O1. The molecule has 1 saturated heterocycles. The summed E-state index contributed by atoms with van der Waals surface area (Å²) in [6.45, 7) is 20.8. The molecule has 1 fully saturated rings. The third-order valence-corrected chi connectivity index (χ3v) is 10.7. The van der Waals surface area contributed by atoms with Gasteiger partial charge in [-0.3, -0.25) is 0 Å². The van der Waals surface area contributed by atoms with Crippen LogP contribution in [0.5, 0.6) is 0 Å². The van der Waals surface area contributed by atoms with Gasteiger partial charge in [0.05, 0.1) is 12.7 Å². The Morgan fingerprint density at radius 3 is 2.16 bits per heavy atom. The largest absolute Gasteiger partial charge is 0.391 e. The lowest BCUT2D eigenvalue weighted by atomic mass is 10.2. The molecule has 5 heteroatoms. The van der Waals surface area contributed by atoms with E-state index in [1.54, 1.807) is 0 Å². The van der Waals surface area contributed by atoms with Gasteiger partial charge in [0.2, 0.25) is 0 Å². The van der Waals surface area contributed by atoms with E-state index in [1.165, 1.54) is 0 Å². The highest BCUT2D eigenvalue weighted by Crippen LogP contribution is 2.54. The van der Waals surface area contributed by atoms with Gasteiger partial charge in [-0.15, -0.1) is 5.54 Å². The molecule has 142 valence electrons. The second kappa shape index (κ2) is 6.97. The summed E-state index contributed by atoms with van der Waals surface area (Å²) in [5.74, 6) is 3.35. The minimum Gasteiger partial charge on any atom is -0.391 e. The summed E-state index contributed by atoms with van der Waals surface area (Å²) in [5.41, 5.74) is 3.44. The summed E-state index contributed by atoms with van der Waals surface area (Å²) >= 11 is 0. The van der Waals surface area contributed by atoms with Gasteiger partial charge in [0, 0.05) is 16.5 Å². The Kier molecular flexibility index (Phi) is 5.84. The Hall–Kier alpha value is -0.386. The monoisotopic (exact) mass is 380 g/mol. The van der Waals surface area contributed by atoms with Crippen molar-refractivity contribution in [3.05, 3.63) is 12.2 Å². The Morgan fingerprint density at radius 2 is 1.64 bits per heavy atom. The van der Waals surface area contributed by atoms with Gasteiger partial charge in [-0.25, -0.2) is 0 Å². The molecular weight excluding hydrogens is 344 g/mol. The number of hydrogen-bond donors (Lipinski definition) is 0. The highest BCUT2D eigenvalue weighted by atomic mass is 28.4. The first-order chi connectivity index (χ1) is 11.3. The van der Waals surface area contributed by atoms with E-state index < -0.39 is 16.6 Å². The van der Waals surface area contributed by atoms with Crippen molar-refractivity contribution in [3.63, 3.8) is 0 Å². The normalized spacial score (nSPS) is 30.0. The highest BCUT2D eigenvalue weighted by Gasteiger charge is 2.61. The van der Waals surface area contributed by atoms with E-state index in [4.69, 9.17) is 13.6 Å². The van der Waals surface area contributed by atoms with Crippen LogP contribution in [0.1, 0.15) is 48.0 Å². The predicted octanol–water partition coefficient (Wildman–Crippen LogP) is 5.04. The Bertz CT molecular complexity index is 553. The van der Waals surface area contributed by atoms with Gasteiger partial charge in [-0.05, 0) is 0 Å². The average molecular weight is 381 g/mol. The molecule has 0 radical (unpaired) electrons. The van der Waals surface area contributed by atoms with Crippen LogP contribution in [0.25, 0.3) is 0 Å². The topological polar surface area (TPSA) is 27.7 Å². The molecule has 0 saturated carbocycles. The highest BCUT2D eigenvalue weighted by molar-refractivity contribution is 6.83. The van der Waals surface area contributed by atoms with Crippen LogP contribution in [-0.4, -0.2) is 41.6 Å². The van der Waals surface area contributed by atoms with Crippen LogP contribution in [0.3, 0.4) is 0 Å². The first-order valence-corrected chi connectivity index (χ1v) is 14.7. The molecule has 0 N–H and O–H groups in total. The predicted molar refractivity (Wildman–Crippen MR) is 110 cm³/mol. The summed E-state index contributed by atoms with van der Waals surface area (Å²) in [6.07, 6.45) is 5.05. The average Bonchev–Trinajstić information content (AvgIpc) is 2.62. The van der Waals surface area contributed by atoms with Crippen molar-refractivity contribution in [2.24, 2.45) is 0 Å². The molecule has 2 rings (SSSR count). The van der Waals surface area contributed by atoms with Crippen LogP contribution in [0, 0.1) is 11.5 Å². The molecule has 2 aliphatic rings. The number of ether oxygens (including phenoxy) is 1. The second-order valence-electron chi connectivity index (χ2n) is 10.4. The van der Waals surface area contributed by atoms with Crippen LogP contribution in [0.2, 0.25) is 29.7 Å². The lowest BCUT2D eigenvalue weighted by Gasteiger charge is -2.54. The number of rotatable bonds is 0. The Morgan fingerprint density at radius 1 is 1.04 bits per heavy atom. The van der Waals surface area contributed by atoms with Crippen molar-refractivity contribution < 1.29 is 13.6 Å².